The van der Waals surface area contributed by atoms with Gasteiger partial charge in [0.25, 0.3) is 0 Å². The summed E-state index contributed by atoms with van der Waals surface area (Å²) in [4.78, 5) is 17.2. The highest BCUT2D eigenvalue weighted by molar-refractivity contribution is 6.30. The Labute approximate surface area is 145 Å². The average molecular weight is 351 g/mol. The van der Waals surface area contributed by atoms with Crippen molar-refractivity contribution in [1.82, 2.24) is 15.0 Å². The van der Waals surface area contributed by atoms with Crippen molar-refractivity contribution in [3.8, 4) is 0 Å². The molecule has 1 aliphatic rings. The number of aromatic nitrogens is 3. The molecule has 1 saturated heterocycles. The Hall–Kier alpha value is -2.15. The van der Waals surface area contributed by atoms with Gasteiger partial charge < -0.3 is 15.1 Å². The molecule has 3 heterocycles. The molecule has 0 bridgehead atoms. The third-order valence-electron chi connectivity index (χ3n) is 3.85. The second kappa shape index (κ2) is 7.17. The smallest absolute Gasteiger partial charge is 0.227 e. The summed E-state index contributed by atoms with van der Waals surface area (Å²) < 4.78 is 14.0. The number of hydrogen-bond donors (Lipinski definition) is 1. The predicted octanol–water partition coefficient (Wildman–Crippen LogP) is 2.73. The van der Waals surface area contributed by atoms with Crippen molar-refractivity contribution in [3.63, 3.8) is 0 Å². The van der Waals surface area contributed by atoms with Crippen LogP contribution in [0.4, 0.5) is 22.0 Å². The second-order valence-electron chi connectivity index (χ2n) is 5.66. The van der Waals surface area contributed by atoms with E-state index in [4.69, 9.17) is 11.6 Å². The molecule has 0 radical (unpaired) electrons. The fourth-order valence-corrected chi connectivity index (χ4v) is 2.87. The van der Waals surface area contributed by atoms with Crippen LogP contribution in [-0.4, -0.2) is 47.7 Å². The van der Waals surface area contributed by atoms with Gasteiger partial charge in [0.15, 0.2) is 11.6 Å². The lowest BCUT2D eigenvalue weighted by Crippen LogP contribution is -2.47. The summed E-state index contributed by atoms with van der Waals surface area (Å²) in [5.74, 6) is 1.48. The SMILES string of the molecule is CCNc1cc(C)nc(N2CCN(c3ncc(Cl)cc3F)CC2)n1. The number of piperazine rings is 1. The minimum Gasteiger partial charge on any atom is -0.370 e. The first kappa shape index (κ1) is 16.7. The third kappa shape index (κ3) is 3.67. The van der Waals surface area contributed by atoms with Gasteiger partial charge in [0.2, 0.25) is 5.95 Å². The standard InChI is InChI=1S/C16H20ClFN6/c1-3-19-14-8-11(2)21-16(22-14)24-6-4-23(5-7-24)15-13(18)9-12(17)10-20-15/h8-10H,3-7H2,1-2H3,(H,19,21,22). The van der Waals surface area contributed by atoms with Crippen LogP contribution in [0.15, 0.2) is 18.3 Å². The summed E-state index contributed by atoms with van der Waals surface area (Å²) >= 11 is 5.76. The van der Waals surface area contributed by atoms with Crippen LogP contribution in [-0.2, 0) is 0 Å². The Balaban J connectivity index is 1.71. The maximum atomic E-state index is 14.0. The van der Waals surface area contributed by atoms with Gasteiger partial charge in [0, 0.05) is 50.7 Å². The first-order chi connectivity index (χ1) is 11.6. The summed E-state index contributed by atoms with van der Waals surface area (Å²) in [7, 11) is 0. The Morgan fingerprint density at radius 3 is 2.54 bits per heavy atom. The first-order valence-corrected chi connectivity index (χ1v) is 8.35. The highest BCUT2D eigenvalue weighted by atomic mass is 35.5. The molecular formula is C16H20ClFN6. The van der Waals surface area contributed by atoms with Gasteiger partial charge in [0.1, 0.15) is 5.82 Å². The van der Waals surface area contributed by atoms with Crippen LogP contribution in [0.5, 0.6) is 0 Å². The molecule has 0 unspecified atom stereocenters. The van der Waals surface area contributed by atoms with Gasteiger partial charge >= 0.3 is 0 Å². The van der Waals surface area contributed by atoms with Gasteiger partial charge in [-0.05, 0) is 19.9 Å². The van der Waals surface area contributed by atoms with Crippen LogP contribution < -0.4 is 15.1 Å². The van der Waals surface area contributed by atoms with Gasteiger partial charge in [-0.15, -0.1) is 0 Å². The molecular weight excluding hydrogens is 331 g/mol. The van der Waals surface area contributed by atoms with E-state index in [1.54, 1.807) is 0 Å². The van der Waals surface area contributed by atoms with Crippen molar-refractivity contribution in [2.24, 2.45) is 0 Å². The molecule has 0 amide bonds. The number of hydrogen-bond acceptors (Lipinski definition) is 6. The molecule has 0 saturated carbocycles. The first-order valence-electron chi connectivity index (χ1n) is 7.97. The second-order valence-corrected chi connectivity index (χ2v) is 6.09. The van der Waals surface area contributed by atoms with Crippen LogP contribution in [0.2, 0.25) is 5.02 Å². The van der Waals surface area contributed by atoms with Gasteiger partial charge in [-0.25, -0.2) is 14.4 Å². The molecule has 24 heavy (non-hydrogen) atoms. The molecule has 1 N–H and O–H groups in total. The molecule has 0 aromatic carbocycles. The summed E-state index contributed by atoms with van der Waals surface area (Å²) in [5, 5.41) is 3.52. The van der Waals surface area contributed by atoms with Crippen molar-refractivity contribution in [2.45, 2.75) is 13.8 Å². The van der Waals surface area contributed by atoms with E-state index in [-0.39, 0.29) is 0 Å². The number of pyridine rings is 1. The maximum Gasteiger partial charge on any atom is 0.227 e. The normalized spacial score (nSPS) is 14.8. The van der Waals surface area contributed by atoms with E-state index < -0.39 is 5.82 Å². The van der Waals surface area contributed by atoms with Gasteiger partial charge in [-0.3, -0.25) is 0 Å². The largest absolute Gasteiger partial charge is 0.370 e. The topological polar surface area (TPSA) is 57.2 Å². The summed E-state index contributed by atoms with van der Waals surface area (Å²) in [6.07, 6.45) is 1.47. The van der Waals surface area contributed by atoms with E-state index in [0.29, 0.717) is 43.0 Å². The number of halogens is 2. The number of anilines is 3. The van der Waals surface area contributed by atoms with E-state index in [0.717, 1.165) is 18.1 Å². The quantitative estimate of drug-likeness (QED) is 0.915. The molecule has 2 aromatic heterocycles. The molecule has 6 nitrogen and oxygen atoms in total. The van der Waals surface area contributed by atoms with E-state index in [2.05, 4.69) is 25.2 Å². The van der Waals surface area contributed by atoms with Crippen molar-refractivity contribution >= 4 is 29.2 Å². The summed E-state index contributed by atoms with van der Waals surface area (Å²) in [5.41, 5.74) is 0.920. The van der Waals surface area contributed by atoms with E-state index >= 15 is 0 Å². The lowest BCUT2D eigenvalue weighted by Gasteiger charge is -2.35. The molecule has 0 aliphatic carbocycles. The minimum atomic E-state index is -0.391. The van der Waals surface area contributed by atoms with Crippen LogP contribution >= 0.6 is 11.6 Å². The summed E-state index contributed by atoms with van der Waals surface area (Å²) in [6, 6.07) is 3.22. The van der Waals surface area contributed by atoms with Gasteiger partial charge in [0.05, 0.1) is 5.02 Å². The maximum absolute atomic E-state index is 14.0. The number of rotatable bonds is 4. The number of nitrogens with one attached hydrogen (secondary N) is 1. The lowest BCUT2D eigenvalue weighted by atomic mass is 10.3. The molecule has 0 spiro atoms. The fraction of sp³-hybridized carbons (Fsp3) is 0.438. The predicted molar refractivity (Wildman–Crippen MR) is 94.6 cm³/mol. The van der Waals surface area contributed by atoms with Crippen LogP contribution in [0.3, 0.4) is 0 Å². The zero-order valence-electron chi connectivity index (χ0n) is 13.8. The van der Waals surface area contributed by atoms with E-state index in [9.17, 15) is 4.39 Å². The lowest BCUT2D eigenvalue weighted by molar-refractivity contribution is 0.585. The average Bonchev–Trinajstić information content (AvgIpc) is 2.55. The van der Waals surface area contributed by atoms with Crippen molar-refractivity contribution in [1.29, 1.82) is 0 Å². The molecule has 128 valence electrons. The number of nitrogens with zero attached hydrogens (tertiary/aromatic N) is 5. The monoisotopic (exact) mass is 350 g/mol. The highest BCUT2D eigenvalue weighted by Gasteiger charge is 2.22. The van der Waals surface area contributed by atoms with E-state index in [1.165, 1.54) is 12.3 Å². The Morgan fingerprint density at radius 1 is 1.17 bits per heavy atom. The van der Waals surface area contributed by atoms with Crippen LogP contribution in [0.25, 0.3) is 0 Å². The number of aryl methyl sites for hydroxylation is 1. The van der Waals surface area contributed by atoms with Gasteiger partial charge in [-0.2, -0.15) is 4.98 Å². The fourth-order valence-electron chi connectivity index (χ4n) is 2.72. The van der Waals surface area contributed by atoms with Crippen molar-refractivity contribution < 1.29 is 4.39 Å². The summed E-state index contributed by atoms with van der Waals surface area (Å²) in [6.45, 7) is 7.51. The van der Waals surface area contributed by atoms with Gasteiger partial charge in [-0.1, -0.05) is 11.6 Å². The molecule has 0 atom stereocenters. The van der Waals surface area contributed by atoms with E-state index in [1.807, 2.05) is 24.8 Å². The molecule has 8 heteroatoms. The van der Waals surface area contributed by atoms with Crippen LogP contribution in [0, 0.1) is 12.7 Å². The molecule has 2 aromatic rings. The van der Waals surface area contributed by atoms with Crippen LogP contribution in [0.1, 0.15) is 12.6 Å². The zero-order chi connectivity index (χ0) is 17.1. The Kier molecular flexibility index (Phi) is 4.99. The highest BCUT2D eigenvalue weighted by Crippen LogP contribution is 2.22. The minimum absolute atomic E-state index is 0.305. The third-order valence-corrected chi connectivity index (χ3v) is 4.06. The molecule has 1 aliphatic heterocycles. The molecule has 1 fully saturated rings. The molecule has 3 rings (SSSR count). The van der Waals surface area contributed by atoms with Crippen molar-refractivity contribution in [3.05, 3.63) is 34.9 Å². The Bertz CT molecular complexity index is 718. The Morgan fingerprint density at radius 2 is 1.88 bits per heavy atom. The zero-order valence-corrected chi connectivity index (χ0v) is 14.5. The van der Waals surface area contributed by atoms with Crippen molar-refractivity contribution in [2.75, 3.05) is 47.8 Å².